The summed E-state index contributed by atoms with van der Waals surface area (Å²) in [6, 6.07) is 69.4. The van der Waals surface area contributed by atoms with Crippen LogP contribution in [0, 0.1) is 0 Å². The second kappa shape index (κ2) is 14.7. The van der Waals surface area contributed by atoms with Gasteiger partial charge in [0, 0.05) is 68.8 Å². The average molecular weight is 793 g/mol. The van der Waals surface area contributed by atoms with Gasteiger partial charge < -0.3 is 9.13 Å². The fraction of sp³-hybridized carbons (Fsp3) is 0. The van der Waals surface area contributed by atoms with E-state index in [1.165, 1.54) is 38.5 Å². The summed E-state index contributed by atoms with van der Waals surface area (Å²) < 4.78 is 4.73. The second-order valence-corrected chi connectivity index (χ2v) is 15.6. The molecule has 12 aromatic rings. The standard InChI is InChI=1S/C56H36N6/c1-4-12-37(13-5-1)39-18-22-51-47(33-39)49-35-41(20-24-52(49)61(51)45-16-8-3-9-17-45)42-21-25-54-50(36-42)48-34-40(38-14-6-2-7-15-38)19-23-53(48)62(54)46-31-43(55-57-26-10-27-58-55)30-44(32-46)56-59-28-11-29-60-56/h1-36H. The van der Waals surface area contributed by atoms with Crippen LogP contribution in [-0.4, -0.2) is 29.1 Å². The highest BCUT2D eigenvalue weighted by Gasteiger charge is 2.19. The molecule has 0 bridgehead atoms. The Balaban J connectivity index is 1.09. The molecule has 0 fully saturated rings. The molecule has 0 aliphatic rings. The van der Waals surface area contributed by atoms with E-state index < -0.39 is 0 Å². The minimum atomic E-state index is 0.640. The first-order valence-corrected chi connectivity index (χ1v) is 20.8. The van der Waals surface area contributed by atoms with E-state index >= 15 is 0 Å². The Kier molecular flexibility index (Phi) is 8.38. The lowest BCUT2D eigenvalue weighted by Gasteiger charge is -2.13. The number of benzene rings is 8. The molecule has 6 nitrogen and oxygen atoms in total. The summed E-state index contributed by atoms with van der Waals surface area (Å²) in [6.45, 7) is 0. The molecule has 0 atom stereocenters. The van der Waals surface area contributed by atoms with Crippen LogP contribution in [-0.2, 0) is 0 Å². The maximum atomic E-state index is 4.64. The van der Waals surface area contributed by atoms with Gasteiger partial charge in [0.25, 0.3) is 0 Å². The van der Waals surface area contributed by atoms with E-state index in [1.807, 2.05) is 12.1 Å². The first-order chi connectivity index (χ1) is 30.7. The summed E-state index contributed by atoms with van der Waals surface area (Å²) in [5.74, 6) is 1.28. The van der Waals surface area contributed by atoms with E-state index in [9.17, 15) is 0 Å². The van der Waals surface area contributed by atoms with Crippen molar-refractivity contribution in [2.45, 2.75) is 0 Å². The predicted molar refractivity (Wildman–Crippen MR) is 253 cm³/mol. The number of hydrogen-bond acceptors (Lipinski definition) is 4. The second-order valence-electron chi connectivity index (χ2n) is 15.6. The van der Waals surface area contributed by atoms with Gasteiger partial charge in [-0.15, -0.1) is 0 Å². The summed E-state index contributed by atoms with van der Waals surface area (Å²) in [7, 11) is 0. The van der Waals surface area contributed by atoms with Gasteiger partial charge in [-0.3, -0.25) is 0 Å². The van der Waals surface area contributed by atoms with Crippen LogP contribution < -0.4 is 0 Å². The van der Waals surface area contributed by atoms with Crippen molar-refractivity contribution in [1.82, 2.24) is 29.1 Å². The molecule has 0 N–H and O–H groups in total. The number of rotatable bonds is 7. The Hall–Kier alpha value is -8.48. The largest absolute Gasteiger partial charge is 0.309 e. The van der Waals surface area contributed by atoms with Crippen molar-refractivity contribution in [3.63, 3.8) is 0 Å². The fourth-order valence-electron chi connectivity index (χ4n) is 9.05. The molecule has 0 amide bonds. The minimum Gasteiger partial charge on any atom is -0.309 e. The third kappa shape index (κ3) is 6.04. The maximum absolute atomic E-state index is 4.64. The van der Waals surface area contributed by atoms with Gasteiger partial charge in [-0.25, -0.2) is 19.9 Å². The summed E-state index contributed by atoms with van der Waals surface area (Å²) in [5, 5.41) is 4.75. The van der Waals surface area contributed by atoms with Crippen molar-refractivity contribution in [3.8, 4) is 67.5 Å². The van der Waals surface area contributed by atoms with Gasteiger partial charge in [-0.1, -0.05) is 103 Å². The normalized spacial score (nSPS) is 11.5. The molecular weight excluding hydrogens is 757 g/mol. The van der Waals surface area contributed by atoms with Crippen LogP contribution in [0.2, 0.25) is 0 Å². The summed E-state index contributed by atoms with van der Waals surface area (Å²) in [4.78, 5) is 18.6. The first kappa shape index (κ1) is 35.5. The summed E-state index contributed by atoms with van der Waals surface area (Å²) >= 11 is 0. The molecule has 0 unspecified atom stereocenters. The van der Waals surface area contributed by atoms with E-state index in [2.05, 4.69) is 211 Å². The number of hydrogen-bond donors (Lipinski definition) is 0. The predicted octanol–water partition coefficient (Wildman–Crippen LogP) is 13.8. The van der Waals surface area contributed by atoms with Crippen LogP contribution in [0.15, 0.2) is 219 Å². The Morgan fingerprint density at radius 1 is 0.242 bits per heavy atom. The SMILES string of the molecule is c1ccc(-c2ccc3c(c2)c2cc(-c4ccc5c(c4)c4cc(-c6ccccc6)ccc4n5-c4cc(-c5ncccn5)cc(-c5ncccn5)c4)ccc2n3-c2ccccc2)cc1. The van der Waals surface area contributed by atoms with Gasteiger partial charge >= 0.3 is 0 Å². The number of para-hydroxylation sites is 1. The number of aromatic nitrogens is 6. The lowest BCUT2D eigenvalue weighted by Crippen LogP contribution is -1.98. The molecular formula is C56H36N6. The van der Waals surface area contributed by atoms with Crippen molar-refractivity contribution in [3.05, 3.63) is 219 Å². The van der Waals surface area contributed by atoms with Crippen LogP contribution in [0.4, 0.5) is 0 Å². The van der Waals surface area contributed by atoms with Gasteiger partial charge in [0.15, 0.2) is 11.6 Å². The van der Waals surface area contributed by atoms with Crippen LogP contribution >= 0.6 is 0 Å². The average Bonchev–Trinajstić information content (AvgIpc) is 3.86. The molecule has 0 saturated heterocycles. The van der Waals surface area contributed by atoms with Crippen LogP contribution in [0.5, 0.6) is 0 Å². The van der Waals surface area contributed by atoms with Crippen molar-refractivity contribution < 1.29 is 0 Å². The van der Waals surface area contributed by atoms with E-state index in [-0.39, 0.29) is 0 Å². The van der Waals surface area contributed by atoms with Gasteiger partial charge in [-0.2, -0.15) is 0 Å². The molecule has 12 rings (SSSR count). The fourth-order valence-corrected chi connectivity index (χ4v) is 9.05. The van der Waals surface area contributed by atoms with Gasteiger partial charge in [-0.05, 0) is 124 Å². The molecule has 4 aromatic heterocycles. The molecule has 0 aliphatic carbocycles. The maximum Gasteiger partial charge on any atom is 0.159 e. The molecule has 0 aliphatic heterocycles. The lowest BCUT2D eigenvalue weighted by atomic mass is 9.98. The Bertz CT molecular complexity index is 3540. The lowest BCUT2D eigenvalue weighted by molar-refractivity contribution is 1.14. The van der Waals surface area contributed by atoms with Crippen LogP contribution in [0.3, 0.4) is 0 Å². The zero-order valence-corrected chi connectivity index (χ0v) is 33.5. The molecule has 0 saturated carbocycles. The molecule has 290 valence electrons. The van der Waals surface area contributed by atoms with Crippen molar-refractivity contribution in [2.24, 2.45) is 0 Å². The smallest absolute Gasteiger partial charge is 0.159 e. The van der Waals surface area contributed by atoms with Crippen LogP contribution in [0.25, 0.3) is 111 Å². The van der Waals surface area contributed by atoms with Gasteiger partial charge in [0.1, 0.15) is 0 Å². The van der Waals surface area contributed by atoms with Crippen LogP contribution in [0.1, 0.15) is 0 Å². The number of fused-ring (bicyclic) bond motifs is 6. The molecule has 8 aromatic carbocycles. The van der Waals surface area contributed by atoms with E-state index in [1.54, 1.807) is 24.8 Å². The van der Waals surface area contributed by atoms with Crippen molar-refractivity contribution in [1.29, 1.82) is 0 Å². The molecule has 0 spiro atoms. The first-order valence-electron chi connectivity index (χ1n) is 20.8. The Labute approximate surface area is 357 Å². The van der Waals surface area contributed by atoms with E-state index in [4.69, 9.17) is 0 Å². The molecule has 0 radical (unpaired) electrons. The summed E-state index contributed by atoms with van der Waals surface area (Å²) in [6.07, 6.45) is 7.11. The molecule has 62 heavy (non-hydrogen) atoms. The zero-order chi connectivity index (χ0) is 41.0. The zero-order valence-electron chi connectivity index (χ0n) is 33.5. The highest BCUT2D eigenvalue weighted by molar-refractivity contribution is 6.14. The minimum absolute atomic E-state index is 0.640. The molecule has 6 heteroatoms. The topological polar surface area (TPSA) is 61.4 Å². The molecule has 4 heterocycles. The highest BCUT2D eigenvalue weighted by atomic mass is 15.0. The van der Waals surface area contributed by atoms with Gasteiger partial charge in [0.2, 0.25) is 0 Å². The Morgan fingerprint density at radius 3 is 0.968 bits per heavy atom. The van der Waals surface area contributed by atoms with Crippen molar-refractivity contribution in [2.75, 3.05) is 0 Å². The number of nitrogens with zero attached hydrogens (tertiary/aromatic N) is 6. The monoisotopic (exact) mass is 792 g/mol. The highest BCUT2D eigenvalue weighted by Crippen LogP contribution is 2.41. The quantitative estimate of drug-likeness (QED) is 0.161. The third-order valence-corrected chi connectivity index (χ3v) is 11.9. The van der Waals surface area contributed by atoms with E-state index in [0.717, 1.165) is 61.0 Å². The Morgan fingerprint density at radius 2 is 0.581 bits per heavy atom. The van der Waals surface area contributed by atoms with Gasteiger partial charge in [0.05, 0.1) is 22.1 Å². The summed E-state index contributed by atoms with van der Waals surface area (Å²) in [5.41, 5.74) is 15.5. The third-order valence-electron chi connectivity index (χ3n) is 11.9. The van der Waals surface area contributed by atoms with E-state index in [0.29, 0.717) is 11.6 Å². The van der Waals surface area contributed by atoms with Crippen molar-refractivity contribution >= 4 is 43.6 Å².